The van der Waals surface area contributed by atoms with Crippen molar-refractivity contribution in [2.45, 2.75) is 32.8 Å². The predicted octanol–water partition coefficient (Wildman–Crippen LogP) is 0.527. The van der Waals surface area contributed by atoms with Crippen molar-refractivity contribution in [1.82, 2.24) is 10.6 Å². The first-order valence-corrected chi connectivity index (χ1v) is 5.85. The minimum atomic E-state index is -0.226. The number of carbonyl (C=O) groups excluding carboxylic acids is 1. The summed E-state index contributed by atoms with van der Waals surface area (Å²) in [5.41, 5.74) is 0. The highest BCUT2D eigenvalue weighted by Crippen LogP contribution is 2.19. The van der Waals surface area contributed by atoms with Gasteiger partial charge in [-0.2, -0.15) is 0 Å². The Morgan fingerprint density at radius 2 is 2.20 bits per heavy atom. The zero-order valence-corrected chi connectivity index (χ0v) is 9.71. The minimum absolute atomic E-state index is 0.0401. The summed E-state index contributed by atoms with van der Waals surface area (Å²) in [4.78, 5) is 11.6. The number of hydrogen-bond donors (Lipinski definition) is 2. The maximum Gasteiger partial charge on any atom is 0.249 e. The van der Waals surface area contributed by atoms with E-state index in [0.29, 0.717) is 19.1 Å². The van der Waals surface area contributed by atoms with Crippen LogP contribution in [0.25, 0.3) is 0 Å². The topological polar surface area (TPSA) is 50.4 Å². The molecule has 1 heterocycles. The normalized spacial score (nSPS) is 25.5. The Labute approximate surface area is 91.8 Å². The number of amides is 1. The van der Waals surface area contributed by atoms with Gasteiger partial charge in [-0.25, -0.2) is 0 Å². The van der Waals surface area contributed by atoms with E-state index >= 15 is 0 Å². The van der Waals surface area contributed by atoms with E-state index in [1.54, 1.807) is 0 Å². The summed E-state index contributed by atoms with van der Waals surface area (Å²) in [5, 5.41) is 6.12. The fourth-order valence-electron chi connectivity index (χ4n) is 1.71. The average molecular weight is 214 g/mol. The molecule has 1 aliphatic rings. The summed E-state index contributed by atoms with van der Waals surface area (Å²) in [6.45, 7) is 7.43. The van der Waals surface area contributed by atoms with E-state index in [1.165, 1.54) is 0 Å². The van der Waals surface area contributed by atoms with Crippen LogP contribution in [0.1, 0.15) is 26.7 Å². The Kier molecular flexibility index (Phi) is 5.65. The molecule has 88 valence electrons. The molecule has 4 heteroatoms. The number of ether oxygens (including phenoxy) is 1. The fraction of sp³-hybridized carbons (Fsp3) is 0.909. The van der Waals surface area contributed by atoms with E-state index in [9.17, 15) is 4.79 Å². The van der Waals surface area contributed by atoms with Crippen molar-refractivity contribution >= 4 is 5.91 Å². The molecule has 2 unspecified atom stereocenters. The molecule has 0 bridgehead atoms. The van der Waals surface area contributed by atoms with E-state index in [1.807, 2.05) is 0 Å². The first-order chi connectivity index (χ1) is 7.25. The summed E-state index contributed by atoms with van der Waals surface area (Å²) >= 11 is 0. The summed E-state index contributed by atoms with van der Waals surface area (Å²) in [5.74, 6) is 0.395. The van der Waals surface area contributed by atoms with Crippen molar-refractivity contribution in [2.75, 3.05) is 26.2 Å². The van der Waals surface area contributed by atoms with Gasteiger partial charge in [0, 0.05) is 19.7 Å². The maximum atomic E-state index is 11.6. The Hall–Kier alpha value is -0.610. The van der Waals surface area contributed by atoms with Crippen LogP contribution in [0.2, 0.25) is 0 Å². The summed E-state index contributed by atoms with van der Waals surface area (Å²) < 4.78 is 5.37. The lowest BCUT2D eigenvalue weighted by atomic mass is 10.0. The zero-order valence-electron chi connectivity index (χ0n) is 9.71. The molecule has 2 atom stereocenters. The third-order valence-electron chi connectivity index (χ3n) is 2.67. The number of rotatable bonds is 6. The van der Waals surface area contributed by atoms with Crippen LogP contribution >= 0.6 is 0 Å². The molecule has 1 saturated heterocycles. The van der Waals surface area contributed by atoms with Gasteiger partial charge in [-0.3, -0.25) is 4.79 Å². The third-order valence-corrected chi connectivity index (χ3v) is 2.67. The highest BCUT2D eigenvalue weighted by molar-refractivity contribution is 5.81. The second-order valence-electron chi connectivity index (χ2n) is 4.10. The zero-order chi connectivity index (χ0) is 11.1. The number of hydrogen-bond acceptors (Lipinski definition) is 3. The van der Waals surface area contributed by atoms with Crippen LogP contribution in [-0.2, 0) is 9.53 Å². The van der Waals surface area contributed by atoms with Gasteiger partial charge in [-0.05, 0) is 25.3 Å². The first-order valence-electron chi connectivity index (χ1n) is 5.85. The van der Waals surface area contributed by atoms with Crippen molar-refractivity contribution in [3.05, 3.63) is 0 Å². The van der Waals surface area contributed by atoms with Gasteiger partial charge in [0.1, 0.15) is 6.10 Å². The van der Waals surface area contributed by atoms with Crippen LogP contribution in [0.4, 0.5) is 0 Å². The maximum absolute atomic E-state index is 11.6. The first kappa shape index (κ1) is 12.5. The molecule has 0 spiro atoms. The number of carbonyl (C=O) groups is 1. The van der Waals surface area contributed by atoms with Gasteiger partial charge in [-0.1, -0.05) is 13.8 Å². The SMILES string of the molecule is CCCNCCNC(=O)C1OCCC1C. The third kappa shape index (κ3) is 4.18. The van der Waals surface area contributed by atoms with Gasteiger partial charge in [0.05, 0.1) is 0 Å². The molecule has 0 aromatic heterocycles. The monoisotopic (exact) mass is 214 g/mol. The molecule has 0 saturated carbocycles. The molecule has 2 N–H and O–H groups in total. The molecule has 4 nitrogen and oxygen atoms in total. The molecule has 1 rings (SSSR count). The second-order valence-corrected chi connectivity index (χ2v) is 4.10. The van der Waals surface area contributed by atoms with Crippen LogP contribution in [0.15, 0.2) is 0 Å². The van der Waals surface area contributed by atoms with Crippen molar-refractivity contribution in [2.24, 2.45) is 5.92 Å². The molecule has 1 amide bonds. The van der Waals surface area contributed by atoms with E-state index in [-0.39, 0.29) is 12.0 Å². The molecule has 15 heavy (non-hydrogen) atoms. The average Bonchev–Trinajstić information content (AvgIpc) is 2.64. The van der Waals surface area contributed by atoms with E-state index in [4.69, 9.17) is 4.74 Å². The van der Waals surface area contributed by atoms with Gasteiger partial charge in [-0.15, -0.1) is 0 Å². The van der Waals surface area contributed by atoms with Crippen molar-refractivity contribution in [3.63, 3.8) is 0 Å². The van der Waals surface area contributed by atoms with Crippen LogP contribution in [-0.4, -0.2) is 38.3 Å². The van der Waals surface area contributed by atoms with Crippen LogP contribution in [0, 0.1) is 5.92 Å². The van der Waals surface area contributed by atoms with E-state index in [2.05, 4.69) is 24.5 Å². The predicted molar refractivity (Wildman–Crippen MR) is 59.7 cm³/mol. The van der Waals surface area contributed by atoms with Crippen molar-refractivity contribution < 1.29 is 9.53 Å². The molecule has 0 aromatic carbocycles. The Bertz CT molecular complexity index is 197. The Morgan fingerprint density at radius 1 is 1.40 bits per heavy atom. The number of nitrogens with one attached hydrogen (secondary N) is 2. The summed E-state index contributed by atoms with van der Waals surface area (Å²) in [7, 11) is 0. The molecule has 1 fully saturated rings. The fourth-order valence-corrected chi connectivity index (χ4v) is 1.71. The van der Waals surface area contributed by atoms with Crippen LogP contribution in [0.3, 0.4) is 0 Å². The Morgan fingerprint density at radius 3 is 2.80 bits per heavy atom. The highest BCUT2D eigenvalue weighted by atomic mass is 16.5. The Balaban J connectivity index is 2.08. The van der Waals surface area contributed by atoms with Gasteiger partial charge in [0.2, 0.25) is 5.91 Å². The second kappa shape index (κ2) is 6.80. The smallest absolute Gasteiger partial charge is 0.249 e. The van der Waals surface area contributed by atoms with Gasteiger partial charge < -0.3 is 15.4 Å². The van der Waals surface area contributed by atoms with Gasteiger partial charge in [0.25, 0.3) is 0 Å². The van der Waals surface area contributed by atoms with E-state index < -0.39 is 0 Å². The molecule has 0 aliphatic carbocycles. The molecular formula is C11H22N2O2. The lowest BCUT2D eigenvalue weighted by molar-refractivity contribution is -0.131. The van der Waals surface area contributed by atoms with E-state index in [0.717, 1.165) is 25.9 Å². The van der Waals surface area contributed by atoms with Crippen LogP contribution < -0.4 is 10.6 Å². The van der Waals surface area contributed by atoms with Crippen molar-refractivity contribution in [1.29, 1.82) is 0 Å². The standard InChI is InChI=1S/C11H22N2O2/c1-3-5-12-6-7-13-11(14)10-9(2)4-8-15-10/h9-10,12H,3-8H2,1-2H3,(H,13,14). The van der Waals surface area contributed by atoms with Crippen molar-refractivity contribution in [3.8, 4) is 0 Å². The van der Waals surface area contributed by atoms with Gasteiger partial charge in [0.15, 0.2) is 0 Å². The molecule has 1 aliphatic heterocycles. The van der Waals surface area contributed by atoms with Gasteiger partial charge >= 0.3 is 0 Å². The minimum Gasteiger partial charge on any atom is -0.368 e. The lowest BCUT2D eigenvalue weighted by Gasteiger charge is -2.14. The summed E-state index contributed by atoms with van der Waals surface area (Å²) in [6, 6.07) is 0. The quantitative estimate of drug-likeness (QED) is 0.634. The highest BCUT2D eigenvalue weighted by Gasteiger charge is 2.30. The molecular weight excluding hydrogens is 192 g/mol. The molecule has 0 radical (unpaired) electrons. The largest absolute Gasteiger partial charge is 0.368 e. The summed E-state index contributed by atoms with van der Waals surface area (Å²) in [6.07, 6.45) is 1.89. The molecule has 0 aromatic rings. The van der Waals surface area contributed by atoms with Crippen LogP contribution in [0.5, 0.6) is 0 Å². The lowest BCUT2D eigenvalue weighted by Crippen LogP contribution is -2.40.